The molecule has 0 spiro atoms. The lowest BCUT2D eigenvalue weighted by atomic mass is 10.2. The second-order valence-electron chi connectivity index (χ2n) is 4.12. The highest BCUT2D eigenvalue weighted by atomic mass is 16.5. The normalized spacial score (nSPS) is 19.1. The van der Waals surface area contributed by atoms with Gasteiger partial charge in [0, 0.05) is 6.42 Å². The summed E-state index contributed by atoms with van der Waals surface area (Å²) in [6.45, 7) is 0.230. The van der Waals surface area contributed by atoms with Crippen molar-refractivity contribution in [2.75, 3.05) is 0 Å². The molecule has 0 heterocycles. The molecule has 1 aliphatic rings. The van der Waals surface area contributed by atoms with Crippen molar-refractivity contribution in [1.29, 1.82) is 0 Å². The Morgan fingerprint density at radius 3 is 2.76 bits per heavy atom. The van der Waals surface area contributed by atoms with Crippen LogP contribution in [0.2, 0.25) is 0 Å². The molecule has 17 heavy (non-hydrogen) atoms. The fourth-order valence-corrected chi connectivity index (χ4v) is 1.88. The Labute approximate surface area is 100.0 Å². The summed E-state index contributed by atoms with van der Waals surface area (Å²) >= 11 is 0. The number of carbonyl (C=O) groups excluding carboxylic acids is 2. The molecule has 1 fully saturated rings. The number of hydrogen-bond donors (Lipinski definition) is 1. The van der Waals surface area contributed by atoms with Crippen molar-refractivity contribution in [3.05, 3.63) is 35.9 Å². The van der Waals surface area contributed by atoms with Crippen LogP contribution in [0.4, 0.5) is 4.79 Å². The topological polar surface area (TPSA) is 55.4 Å². The van der Waals surface area contributed by atoms with Gasteiger partial charge < -0.3 is 10.1 Å². The molecule has 1 aromatic rings. The van der Waals surface area contributed by atoms with Gasteiger partial charge in [0.1, 0.15) is 6.61 Å². The average Bonchev–Trinajstić information content (AvgIpc) is 2.74. The molecular formula is C13H15NO3. The van der Waals surface area contributed by atoms with E-state index in [4.69, 9.17) is 4.74 Å². The third-order valence-electron chi connectivity index (χ3n) is 2.81. The van der Waals surface area contributed by atoms with Gasteiger partial charge in [-0.3, -0.25) is 4.79 Å². The van der Waals surface area contributed by atoms with E-state index < -0.39 is 6.09 Å². The van der Waals surface area contributed by atoms with Gasteiger partial charge >= 0.3 is 6.09 Å². The fraction of sp³-hybridized carbons (Fsp3) is 0.385. The average molecular weight is 233 g/mol. The zero-order chi connectivity index (χ0) is 12.1. The van der Waals surface area contributed by atoms with Gasteiger partial charge in [0.05, 0.1) is 6.04 Å². The van der Waals surface area contributed by atoms with Crippen LogP contribution in [0.25, 0.3) is 0 Å². The monoisotopic (exact) mass is 233 g/mol. The van der Waals surface area contributed by atoms with Crippen LogP contribution in [0.5, 0.6) is 0 Å². The molecule has 1 saturated carbocycles. The first-order chi connectivity index (χ1) is 8.25. The molecule has 0 unspecified atom stereocenters. The standard InChI is InChI=1S/C13H15NO3/c15-12-8-4-7-11(12)14-13(16)17-9-10-5-2-1-3-6-10/h1-3,5-6,11H,4,7-9H2,(H,14,16)/t11-/m1/s1. The van der Waals surface area contributed by atoms with Crippen LogP contribution in [-0.2, 0) is 16.1 Å². The summed E-state index contributed by atoms with van der Waals surface area (Å²) < 4.78 is 5.04. The molecular weight excluding hydrogens is 218 g/mol. The molecule has 4 heteroatoms. The van der Waals surface area contributed by atoms with E-state index in [1.54, 1.807) is 0 Å². The lowest BCUT2D eigenvalue weighted by Crippen LogP contribution is -2.37. The Kier molecular flexibility index (Phi) is 3.75. The lowest BCUT2D eigenvalue weighted by Gasteiger charge is -2.11. The van der Waals surface area contributed by atoms with E-state index in [9.17, 15) is 9.59 Å². The Hall–Kier alpha value is -1.84. The van der Waals surface area contributed by atoms with Gasteiger partial charge in [0.25, 0.3) is 0 Å². The van der Waals surface area contributed by atoms with Crippen LogP contribution in [0.15, 0.2) is 30.3 Å². The lowest BCUT2D eigenvalue weighted by molar-refractivity contribution is -0.119. The van der Waals surface area contributed by atoms with Crippen LogP contribution in [0.3, 0.4) is 0 Å². The number of rotatable bonds is 3. The number of amides is 1. The van der Waals surface area contributed by atoms with Gasteiger partial charge in [0.15, 0.2) is 5.78 Å². The van der Waals surface area contributed by atoms with Crippen molar-refractivity contribution in [2.24, 2.45) is 0 Å². The SMILES string of the molecule is O=C(N[C@@H]1CCCC1=O)OCc1ccccc1. The van der Waals surface area contributed by atoms with Crippen LogP contribution < -0.4 is 5.32 Å². The van der Waals surface area contributed by atoms with E-state index in [1.807, 2.05) is 30.3 Å². The molecule has 2 rings (SSSR count). The first-order valence-corrected chi connectivity index (χ1v) is 5.75. The summed E-state index contributed by atoms with van der Waals surface area (Å²) in [5.74, 6) is 0.0988. The number of hydrogen-bond acceptors (Lipinski definition) is 3. The molecule has 0 aromatic heterocycles. The molecule has 0 aliphatic heterocycles. The number of alkyl carbamates (subject to hydrolysis) is 1. The molecule has 90 valence electrons. The maximum atomic E-state index is 11.4. The zero-order valence-corrected chi connectivity index (χ0v) is 9.52. The van der Waals surface area contributed by atoms with E-state index >= 15 is 0 Å². The number of ketones is 1. The number of ether oxygens (including phenoxy) is 1. The van der Waals surface area contributed by atoms with Crippen molar-refractivity contribution < 1.29 is 14.3 Å². The van der Waals surface area contributed by atoms with E-state index in [1.165, 1.54) is 0 Å². The Bertz CT molecular complexity index is 402. The Balaban J connectivity index is 1.76. The Morgan fingerprint density at radius 1 is 1.35 bits per heavy atom. The third kappa shape index (κ3) is 3.31. The molecule has 1 N–H and O–H groups in total. The fourth-order valence-electron chi connectivity index (χ4n) is 1.88. The summed E-state index contributed by atoms with van der Waals surface area (Å²) in [6, 6.07) is 9.09. The second-order valence-corrected chi connectivity index (χ2v) is 4.12. The van der Waals surface area contributed by atoms with Crippen LogP contribution in [0.1, 0.15) is 24.8 Å². The van der Waals surface area contributed by atoms with Crippen LogP contribution in [0, 0.1) is 0 Å². The van der Waals surface area contributed by atoms with Gasteiger partial charge in [-0.05, 0) is 18.4 Å². The number of carbonyl (C=O) groups is 2. The van der Waals surface area contributed by atoms with Gasteiger partial charge in [0.2, 0.25) is 0 Å². The molecule has 0 saturated heterocycles. The van der Waals surface area contributed by atoms with E-state index in [-0.39, 0.29) is 18.4 Å². The van der Waals surface area contributed by atoms with Crippen LogP contribution in [-0.4, -0.2) is 17.9 Å². The van der Waals surface area contributed by atoms with Crippen LogP contribution >= 0.6 is 0 Å². The summed E-state index contributed by atoms with van der Waals surface area (Å²) in [4.78, 5) is 22.7. The van der Waals surface area contributed by atoms with Gasteiger partial charge in [-0.25, -0.2) is 4.79 Å². The summed E-state index contributed by atoms with van der Waals surface area (Å²) in [7, 11) is 0. The smallest absolute Gasteiger partial charge is 0.408 e. The Morgan fingerprint density at radius 2 is 2.12 bits per heavy atom. The van der Waals surface area contributed by atoms with Crippen molar-refractivity contribution >= 4 is 11.9 Å². The van der Waals surface area contributed by atoms with Crippen molar-refractivity contribution in [3.63, 3.8) is 0 Å². The van der Waals surface area contributed by atoms with Crippen molar-refractivity contribution in [3.8, 4) is 0 Å². The maximum Gasteiger partial charge on any atom is 0.408 e. The largest absolute Gasteiger partial charge is 0.445 e. The number of benzene rings is 1. The van der Waals surface area contributed by atoms with Gasteiger partial charge in [-0.1, -0.05) is 30.3 Å². The summed E-state index contributed by atoms with van der Waals surface area (Å²) in [5.41, 5.74) is 0.931. The molecule has 0 radical (unpaired) electrons. The zero-order valence-electron chi connectivity index (χ0n) is 9.52. The molecule has 1 aromatic carbocycles. The maximum absolute atomic E-state index is 11.4. The predicted molar refractivity (Wildman–Crippen MR) is 62.4 cm³/mol. The first-order valence-electron chi connectivity index (χ1n) is 5.75. The van der Waals surface area contributed by atoms with Crippen molar-refractivity contribution in [2.45, 2.75) is 31.9 Å². The minimum Gasteiger partial charge on any atom is -0.445 e. The van der Waals surface area contributed by atoms with Gasteiger partial charge in [-0.2, -0.15) is 0 Å². The molecule has 1 aliphatic carbocycles. The first kappa shape index (κ1) is 11.6. The minimum atomic E-state index is -0.519. The minimum absolute atomic E-state index is 0.0988. The molecule has 1 atom stereocenters. The summed E-state index contributed by atoms with van der Waals surface area (Å²) in [6.07, 6.45) is 1.61. The number of nitrogens with one attached hydrogen (secondary N) is 1. The quantitative estimate of drug-likeness (QED) is 0.869. The van der Waals surface area contributed by atoms with Gasteiger partial charge in [-0.15, -0.1) is 0 Å². The molecule has 4 nitrogen and oxygen atoms in total. The third-order valence-corrected chi connectivity index (χ3v) is 2.81. The van der Waals surface area contributed by atoms with E-state index in [0.29, 0.717) is 6.42 Å². The number of Topliss-reactive ketones (excluding diaryl/α,β-unsaturated/α-hetero) is 1. The highest BCUT2D eigenvalue weighted by Gasteiger charge is 2.26. The summed E-state index contributed by atoms with van der Waals surface area (Å²) in [5, 5.41) is 2.59. The van der Waals surface area contributed by atoms with E-state index in [0.717, 1.165) is 18.4 Å². The van der Waals surface area contributed by atoms with Crippen molar-refractivity contribution in [1.82, 2.24) is 5.32 Å². The second kappa shape index (κ2) is 5.48. The molecule has 1 amide bonds. The predicted octanol–water partition coefficient (Wildman–Crippen LogP) is 2.03. The van der Waals surface area contributed by atoms with E-state index in [2.05, 4.69) is 5.32 Å². The highest BCUT2D eigenvalue weighted by molar-refractivity contribution is 5.88. The highest BCUT2D eigenvalue weighted by Crippen LogP contribution is 2.14. The molecule has 0 bridgehead atoms.